The zero-order valence-electron chi connectivity index (χ0n) is 16.0. The normalized spacial score (nSPS) is 16.0. The fourth-order valence-electron chi connectivity index (χ4n) is 3.19. The number of carbonyl (C=O) groups excluding carboxylic acids is 2. The van der Waals surface area contributed by atoms with Crippen LogP contribution >= 0.6 is 0 Å². The van der Waals surface area contributed by atoms with E-state index in [4.69, 9.17) is 14.4 Å². The van der Waals surface area contributed by atoms with Gasteiger partial charge in [0.15, 0.2) is 5.76 Å². The smallest absolute Gasteiger partial charge is 0.414 e. The molecule has 0 radical (unpaired) electrons. The highest BCUT2D eigenvalue weighted by Crippen LogP contribution is 2.27. The number of benzene rings is 1. The number of anilines is 1. The van der Waals surface area contributed by atoms with Gasteiger partial charge in [0.05, 0.1) is 24.5 Å². The number of hydrogen-bond donors (Lipinski definition) is 2. The number of hydrogen-bond acceptors (Lipinski definition) is 6. The van der Waals surface area contributed by atoms with E-state index in [2.05, 4.69) is 10.5 Å². The minimum absolute atomic E-state index is 0.199. The average Bonchev–Trinajstić information content (AvgIpc) is 3.45. The third-order valence-electron chi connectivity index (χ3n) is 4.68. The number of cyclic esters (lactones) is 1. The Bertz CT molecular complexity index is 1090. The highest BCUT2D eigenvalue weighted by atomic mass is 19.1. The van der Waals surface area contributed by atoms with Gasteiger partial charge in [-0.25, -0.2) is 9.18 Å². The van der Waals surface area contributed by atoms with E-state index in [9.17, 15) is 14.0 Å². The van der Waals surface area contributed by atoms with Gasteiger partial charge in [0.25, 0.3) is 0 Å². The monoisotopic (exact) mass is 414 g/mol. The first-order chi connectivity index (χ1) is 14.4. The summed E-state index contributed by atoms with van der Waals surface area (Å²) >= 11 is 0. The molecule has 156 valence electrons. The predicted octanol–water partition coefficient (Wildman–Crippen LogP) is 2.22. The predicted molar refractivity (Wildman–Crippen MR) is 103 cm³/mol. The Morgan fingerprint density at radius 3 is 2.90 bits per heavy atom. The third kappa shape index (κ3) is 3.90. The van der Waals surface area contributed by atoms with Gasteiger partial charge in [-0.1, -0.05) is 5.16 Å². The zero-order chi connectivity index (χ0) is 21.3. The van der Waals surface area contributed by atoms with Crippen molar-refractivity contribution in [2.75, 3.05) is 18.0 Å². The maximum atomic E-state index is 14.8. The van der Waals surface area contributed by atoms with E-state index < -0.39 is 18.0 Å². The molecule has 1 saturated heterocycles. The van der Waals surface area contributed by atoms with Crippen LogP contribution in [-0.4, -0.2) is 46.0 Å². The Morgan fingerprint density at radius 2 is 2.20 bits per heavy atom. The Balaban J connectivity index is 1.51. The molecule has 1 aromatic carbocycles. The van der Waals surface area contributed by atoms with E-state index in [0.29, 0.717) is 28.4 Å². The zero-order valence-corrected chi connectivity index (χ0v) is 16.0. The molecule has 0 unspecified atom stereocenters. The van der Waals surface area contributed by atoms with Gasteiger partial charge < -0.3 is 24.3 Å². The lowest BCUT2D eigenvalue weighted by molar-refractivity contribution is -0.119. The molecule has 2 aromatic heterocycles. The summed E-state index contributed by atoms with van der Waals surface area (Å²) < 4.78 is 26.6. The lowest BCUT2D eigenvalue weighted by atomic mass is 10.2. The topological polar surface area (TPSA) is 110 Å². The van der Waals surface area contributed by atoms with E-state index >= 15 is 0 Å². The molecule has 9 nitrogen and oxygen atoms in total. The van der Waals surface area contributed by atoms with Crippen LogP contribution in [0.2, 0.25) is 0 Å². The summed E-state index contributed by atoms with van der Waals surface area (Å²) in [6.07, 6.45) is 2.27. The van der Waals surface area contributed by atoms with Crippen LogP contribution in [-0.2, 0) is 16.1 Å². The van der Waals surface area contributed by atoms with Crippen LogP contribution in [0.25, 0.3) is 16.9 Å². The van der Waals surface area contributed by atoms with Crippen molar-refractivity contribution in [3.05, 3.63) is 54.3 Å². The molecule has 4 rings (SSSR count). The van der Waals surface area contributed by atoms with Crippen LogP contribution in [0.15, 0.2) is 47.2 Å². The average molecular weight is 414 g/mol. The summed E-state index contributed by atoms with van der Waals surface area (Å²) in [6, 6.07) is 7.80. The number of nitrogens with one attached hydrogen (secondary N) is 1. The Labute approximate surface area is 170 Å². The molecule has 0 aliphatic carbocycles. The molecule has 1 fully saturated rings. The lowest BCUT2D eigenvalue weighted by Gasteiger charge is -2.14. The highest BCUT2D eigenvalue weighted by molar-refractivity contribution is 5.90. The maximum absolute atomic E-state index is 14.8. The number of aromatic nitrogens is 2. The number of rotatable bonds is 6. The number of aliphatic hydroxyl groups is 1. The van der Waals surface area contributed by atoms with E-state index in [1.165, 1.54) is 17.9 Å². The van der Waals surface area contributed by atoms with Gasteiger partial charge in [0.2, 0.25) is 5.91 Å². The highest BCUT2D eigenvalue weighted by Gasteiger charge is 2.32. The molecule has 0 spiro atoms. The van der Waals surface area contributed by atoms with Gasteiger partial charge in [-0.2, -0.15) is 0 Å². The number of halogens is 1. The van der Waals surface area contributed by atoms with Crippen molar-refractivity contribution in [1.82, 2.24) is 15.0 Å². The molecule has 0 saturated carbocycles. The molecule has 1 atom stereocenters. The van der Waals surface area contributed by atoms with E-state index in [1.54, 1.807) is 41.2 Å². The quantitative estimate of drug-likeness (QED) is 0.640. The van der Waals surface area contributed by atoms with Crippen LogP contribution in [0.5, 0.6) is 0 Å². The summed E-state index contributed by atoms with van der Waals surface area (Å²) in [5.41, 5.74) is 1.88. The first kappa shape index (κ1) is 19.6. The lowest BCUT2D eigenvalue weighted by Crippen LogP contribution is -2.33. The minimum atomic E-state index is -0.591. The minimum Gasteiger partial charge on any atom is -0.442 e. The molecule has 2 amide bonds. The standard InChI is InChI=1S/C20H19FN4O5/c1-12(27)22-8-16-10-25(20(28)29-16)14-2-3-19(17(21)6-14)24-5-4-13(9-24)18-7-15(11-26)30-23-18/h2-7,9,16,26H,8,10-11H2,1H3,(H,22,27)/t16-/m0/s1. The van der Waals surface area contributed by atoms with Gasteiger partial charge in [0, 0.05) is 30.9 Å². The van der Waals surface area contributed by atoms with Gasteiger partial charge in [-0.05, 0) is 24.3 Å². The molecule has 10 heteroatoms. The molecular weight excluding hydrogens is 395 g/mol. The summed E-state index contributed by atoms with van der Waals surface area (Å²) in [7, 11) is 0. The molecule has 3 heterocycles. The molecule has 0 bridgehead atoms. The fourth-order valence-corrected chi connectivity index (χ4v) is 3.19. The first-order valence-corrected chi connectivity index (χ1v) is 9.22. The number of ether oxygens (including phenoxy) is 1. The second-order valence-corrected chi connectivity index (χ2v) is 6.83. The molecule has 1 aliphatic rings. The summed E-state index contributed by atoms with van der Waals surface area (Å²) in [6.45, 7) is 1.53. The Morgan fingerprint density at radius 1 is 1.37 bits per heavy atom. The molecule has 2 N–H and O–H groups in total. The van der Waals surface area contributed by atoms with Crippen LogP contribution in [0.4, 0.5) is 14.9 Å². The van der Waals surface area contributed by atoms with Crippen LogP contribution in [0, 0.1) is 5.82 Å². The van der Waals surface area contributed by atoms with Gasteiger partial charge in [-0.3, -0.25) is 9.69 Å². The van der Waals surface area contributed by atoms with Crippen molar-refractivity contribution in [2.45, 2.75) is 19.6 Å². The number of carbonyl (C=O) groups is 2. The van der Waals surface area contributed by atoms with Crippen molar-refractivity contribution in [3.63, 3.8) is 0 Å². The number of amides is 2. The summed E-state index contributed by atoms with van der Waals surface area (Å²) in [4.78, 5) is 24.5. The van der Waals surface area contributed by atoms with Crippen molar-refractivity contribution >= 4 is 17.7 Å². The molecule has 30 heavy (non-hydrogen) atoms. The van der Waals surface area contributed by atoms with Crippen LogP contribution in [0.1, 0.15) is 12.7 Å². The largest absolute Gasteiger partial charge is 0.442 e. The third-order valence-corrected chi connectivity index (χ3v) is 4.68. The van der Waals surface area contributed by atoms with Gasteiger partial charge in [0.1, 0.15) is 24.2 Å². The Kier molecular flexibility index (Phi) is 5.23. The Hall–Kier alpha value is -3.66. The second-order valence-electron chi connectivity index (χ2n) is 6.83. The van der Waals surface area contributed by atoms with Crippen molar-refractivity contribution in [1.29, 1.82) is 0 Å². The van der Waals surface area contributed by atoms with Crippen LogP contribution in [0.3, 0.4) is 0 Å². The van der Waals surface area contributed by atoms with E-state index in [0.717, 1.165) is 0 Å². The van der Waals surface area contributed by atoms with Crippen LogP contribution < -0.4 is 10.2 Å². The van der Waals surface area contributed by atoms with Crippen molar-refractivity contribution in [3.8, 4) is 16.9 Å². The molecule has 3 aromatic rings. The van der Waals surface area contributed by atoms with Crippen molar-refractivity contribution in [2.24, 2.45) is 0 Å². The van der Waals surface area contributed by atoms with Gasteiger partial charge >= 0.3 is 6.09 Å². The summed E-state index contributed by atoms with van der Waals surface area (Å²) in [5, 5.41) is 15.5. The molecule has 1 aliphatic heterocycles. The fraction of sp³-hybridized carbons (Fsp3) is 0.250. The summed E-state index contributed by atoms with van der Waals surface area (Å²) in [5.74, 6) is -0.407. The maximum Gasteiger partial charge on any atom is 0.414 e. The van der Waals surface area contributed by atoms with Gasteiger partial charge in [-0.15, -0.1) is 0 Å². The molecular formula is C20H19FN4O5. The SMILES string of the molecule is CC(=O)NC[C@H]1CN(c2ccc(-n3ccc(-c4cc(CO)on4)c3)c(F)c2)C(=O)O1. The van der Waals surface area contributed by atoms with Crippen molar-refractivity contribution < 1.29 is 28.3 Å². The number of nitrogens with zero attached hydrogens (tertiary/aromatic N) is 3. The second kappa shape index (κ2) is 7.99. The van der Waals surface area contributed by atoms with E-state index in [-0.39, 0.29) is 25.6 Å². The number of aliphatic hydroxyl groups excluding tert-OH is 1. The van der Waals surface area contributed by atoms with E-state index in [1.807, 2.05) is 0 Å². The first-order valence-electron chi connectivity index (χ1n) is 9.22.